The van der Waals surface area contributed by atoms with E-state index < -0.39 is 17.2 Å². The summed E-state index contributed by atoms with van der Waals surface area (Å²) in [4.78, 5) is 0. The number of aromatic hydroxyl groups is 5. The normalized spacial score (nSPS) is 12.2. The summed E-state index contributed by atoms with van der Waals surface area (Å²) >= 11 is 0. The first-order chi connectivity index (χ1) is 9.93. The lowest BCUT2D eigenvalue weighted by atomic mass is 9.87. The van der Waals surface area contributed by atoms with E-state index in [0.29, 0.717) is 12.0 Å². The lowest BCUT2D eigenvalue weighted by Gasteiger charge is -2.19. The van der Waals surface area contributed by atoms with Crippen molar-refractivity contribution < 1.29 is 25.5 Å². The summed E-state index contributed by atoms with van der Waals surface area (Å²) in [6.07, 6.45) is 1.56. The zero-order chi connectivity index (χ0) is 15.6. The van der Waals surface area contributed by atoms with Gasteiger partial charge in [-0.05, 0) is 41.8 Å². The molecule has 112 valence electrons. The van der Waals surface area contributed by atoms with Crippen molar-refractivity contribution in [2.45, 2.75) is 25.7 Å². The van der Waals surface area contributed by atoms with Gasteiger partial charge in [-0.1, -0.05) is 19.4 Å². The van der Waals surface area contributed by atoms with E-state index in [4.69, 9.17) is 0 Å². The molecule has 0 saturated carbocycles. The Bertz CT molecular complexity index is 628. The van der Waals surface area contributed by atoms with Gasteiger partial charge >= 0.3 is 0 Å². The van der Waals surface area contributed by atoms with Crippen LogP contribution in [0, 0.1) is 0 Å². The van der Waals surface area contributed by atoms with Crippen molar-refractivity contribution in [1.82, 2.24) is 0 Å². The van der Waals surface area contributed by atoms with Crippen molar-refractivity contribution in [3.63, 3.8) is 0 Å². The fourth-order valence-corrected chi connectivity index (χ4v) is 2.40. The molecule has 0 aliphatic rings. The number of hydrogen-bond acceptors (Lipinski definition) is 5. The van der Waals surface area contributed by atoms with Gasteiger partial charge < -0.3 is 25.5 Å². The summed E-state index contributed by atoms with van der Waals surface area (Å²) in [7, 11) is 0. The van der Waals surface area contributed by atoms with Crippen molar-refractivity contribution in [2.24, 2.45) is 0 Å². The van der Waals surface area contributed by atoms with Crippen LogP contribution in [0.1, 0.15) is 36.8 Å². The van der Waals surface area contributed by atoms with E-state index in [2.05, 4.69) is 0 Å². The van der Waals surface area contributed by atoms with Gasteiger partial charge in [-0.3, -0.25) is 0 Å². The number of phenolic OH excluding ortho intramolecular Hbond substituents is 5. The Labute approximate surface area is 122 Å². The summed E-state index contributed by atoms with van der Waals surface area (Å²) in [5.41, 5.74) is 1.37. The molecule has 0 heterocycles. The zero-order valence-electron chi connectivity index (χ0n) is 11.6. The van der Waals surface area contributed by atoms with Crippen LogP contribution in [-0.2, 0) is 0 Å². The highest BCUT2D eigenvalue weighted by molar-refractivity contribution is 5.54. The third-order valence-electron chi connectivity index (χ3n) is 3.47. The molecule has 5 nitrogen and oxygen atoms in total. The molecule has 2 aromatic carbocycles. The first-order valence-corrected chi connectivity index (χ1v) is 6.70. The molecule has 0 fully saturated rings. The molecule has 0 aliphatic carbocycles. The number of hydrogen-bond donors (Lipinski definition) is 5. The fourth-order valence-electron chi connectivity index (χ4n) is 2.40. The van der Waals surface area contributed by atoms with Gasteiger partial charge in [0.15, 0.2) is 28.7 Å². The van der Waals surface area contributed by atoms with Crippen molar-refractivity contribution in [1.29, 1.82) is 0 Å². The van der Waals surface area contributed by atoms with Crippen LogP contribution in [-0.4, -0.2) is 25.5 Å². The van der Waals surface area contributed by atoms with Crippen LogP contribution in [0.25, 0.3) is 0 Å². The molecule has 5 heteroatoms. The molecule has 0 bridgehead atoms. The highest BCUT2D eigenvalue weighted by Gasteiger charge is 2.18. The van der Waals surface area contributed by atoms with Gasteiger partial charge in [-0.25, -0.2) is 0 Å². The highest BCUT2D eigenvalue weighted by Crippen LogP contribution is 2.41. The molecule has 21 heavy (non-hydrogen) atoms. The molecule has 1 unspecified atom stereocenters. The minimum absolute atomic E-state index is 0.182. The van der Waals surface area contributed by atoms with Gasteiger partial charge in [0, 0.05) is 5.92 Å². The Hall–Kier alpha value is -2.56. The van der Waals surface area contributed by atoms with Crippen LogP contribution in [0.15, 0.2) is 30.3 Å². The van der Waals surface area contributed by atoms with Crippen LogP contribution in [0.4, 0.5) is 0 Å². The lowest BCUT2D eigenvalue weighted by molar-refractivity contribution is 0.366. The van der Waals surface area contributed by atoms with Gasteiger partial charge in [-0.15, -0.1) is 0 Å². The minimum Gasteiger partial charge on any atom is -0.504 e. The fraction of sp³-hybridized carbons (Fsp3) is 0.250. The first kappa shape index (κ1) is 14.8. The molecular formula is C16H18O5. The highest BCUT2D eigenvalue weighted by atomic mass is 16.3. The number of rotatable bonds is 4. The monoisotopic (exact) mass is 290 g/mol. The standard InChI is InChI=1S/C16H18O5/c1-2-3-11(9-4-5-12(17)13(18)6-9)10-7-14(19)16(21)15(20)8-10/h4-8,11,17-21H,2-3H2,1H3. The van der Waals surface area contributed by atoms with Crippen LogP contribution >= 0.6 is 0 Å². The second-order valence-corrected chi connectivity index (χ2v) is 5.00. The largest absolute Gasteiger partial charge is 0.504 e. The van der Waals surface area contributed by atoms with Gasteiger partial charge in [0.25, 0.3) is 0 Å². The van der Waals surface area contributed by atoms with Crippen molar-refractivity contribution in [3.05, 3.63) is 41.5 Å². The molecule has 2 aromatic rings. The molecule has 2 rings (SSSR count). The van der Waals surface area contributed by atoms with E-state index in [1.54, 1.807) is 6.07 Å². The van der Waals surface area contributed by atoms with Crippen LogP contribution in [0.3, 0.4) is 0 Å². The molecule has 0 saturated heterocycles. The maximum Gasteiger partial charge on any atom is 0.200 e. The molecule has 0 radical (unpaired) electrons. The van der Waals surface area contributed by atoms with Crippen molar-refractivity contribution >= 4 is 0 Å². The molecule has 1 atom stereocenters. The maximum atomic E-state index is 9.64. The first-order valence-electron chi connectivity index (χ1n) is 6.70. The van der Waals surface area contributed by atoms with E-state index in [9.17, 15) is 25.5 Å². The average molecular weight is 290 g/mol. The third-order valence-corrected chi connectivity index (χ3v) is 3.47. The van der Waals surface area contributed by atoms with Crippen LogP contribution < -0.4 is 0 Å². The SMILES string of the molecule is CCCC(c1ccc(O)c(O)c1)c1cc(O)c(O)c(O)c1. The Balaban J connectivity index is 2.50. The Morgan fingerprint density at radius 3 is 1.86 bits per heavy atom. The van der Waals surface area contributed by atoms with Gasteiger partial charge in [0.1, 0.15) is 0 Å². The molecule has 0 aliphatic heterocycles. The lowest BCUT2D eigenvalue weighted by Crippen LogP contribution is -2.01. The summed E-state index contributed by atoms with van der Waals surface area (Å²) in [6, 6.07) is 7.30. The van der Waals surface area contributed by atoms with E-state index >= 15 is 0 Å². The summed E-state index contributed by atoms with van der Waals surface area (Å²) < 4.78 is 0. The van der Waals surface area contributed by atoms with E-state index in [1.807, 2.05) is 6.92 Å². The smallest absolute Gasteiger partial charge is 0.200 e. The van der Waals surface area contributed by atoms with Crippen molar-refractivity contribution in [3.8, 4) is 28.7 Å². The van der Waals surface area contributed by atoms with E-state index in [-0.39, 0.29) is 17.4 Å². The second kappa shape index (κ2) is 5.83. The predicted octanol–water partition coefficient (Wildman–Crippen LogP) is 3.15. The summed E-state index contributed by atoms with van der Waals surface area (Å²) in [5.74, 6) is -1.95. The number of benzene rings is 2. The van der Waals surface area contributed by atoms with Gasteiger partial charge in [0.05, 0.1) is 0 Å². The quantitative estimate of drug-likeness (QED) is 0.557. The Kier molecular flexibility index (Phi) is 4.12. The maximum absolute atomic E-state index is 9.64. The predicted molar refractivity (Wildman–Crippen MR) is 78.0 cm³/mol. The summed E-state index contributed by atoms with van der Waals surface area (Å²) in [5, 5.41) is 47.7. The molecule has 0 spiro atoms. The third kappa shape index (κ3) is 2.97. The Morgan fingerprint density at radius 2 is 1.33 bits per heavy atom. The van der Waals surface area contributed by atoms with Crippen LogP contribution in [0.2, 0.25) is 0 Å². The van der Waals surface area contributed by atoms with Crippen molar-refractivity contribution in [2.75, 3.05) is 0 Å². The zero-order valence-corrected chi connectivity index (χ0v) is 11.6. The summed E-state index contributed by atoms with van der Waals surface area (Å²) in [6.45, 7) is 1.99. The van der Waals surface area contributed by atoms with Crippen LogP contribution in [0.5, 0.6) is 28.7 Å². The van der Waals surface area contributed by atoms with Gasteiger partial charge in [-0.2, -0.15) is 0 Å². The van der Waals surface area contributed by atoms with Gasteiger partial charge in [0.2, 0.25) is 0 Å². The molecule has 5 N–H and O–H groups in total. The van der Waals surface area contributed by atoms with E-state index in [0.717, 1.165) is 12.0 Å². The molecular weight excluding hydrogens is 272 g/mol. The van der Waals surface area contributed by atoms with E-state index in [1.165, 1.54) is 24.3 Å². The number of phenols is 5. The minimum atomic E-state index is -0.553. The molecule has 0 amide bonds. The Morgan fingerprint density at radius 1 is 0.762 bits per heavy atom. The molecule has 0 aromatic heterocycles. The second-order valence-electron chi connectivity index (χ2n) is 5.00. The average Bonchev–Trinajstić information content (AvgIpc) is 2.45. The topological polar surface area (TPSA) is 101 Å².